The van der Waals surface area contributed by atoms with E-state index in [9.17, 15) is 0 Å². The molecule has 3 nitrogen and oxygen atoms in total. The third-order valence-electron chi connectivity index (χ3n) is 2.26. The Morgan fingerprint density at radius 1 is 1.31 bits per heavy atom. The highest BCUT2D eigenvalue weighted by Gasteiger charge is 2.10. The van der Waals surface area contributed by atoms with Crippen LogP contribution in [0.2, 0.25) is 0 Å². The molecule has 0 aromatic carbocycles. The van der Waals surface area contributed by atoms with E-state index in [1.807, 2.05) is 31.3 Å². The lowest BCUT2D eigenvalue weighted by molar-refractivity contribution is 0.379. The van der Waals surface area contributed by atoms with E-state index < -0.39 is 0 Å². The van der Waals surface area contributed by atoms with Crippen molar-refractivity contribution in [2.45, 2.75) is 27.3 Å². The first-order valence-electron chi connectivity index (χ1n) is 5.72. The highest BCUT2D eigenvalue weighted by molar-refractivity contribution is 5.44. The van der Waals surface area contributed by atoms with Crippen LogP contribution in [0.3, 0.4) is 0 Å². The SMILES string of the molecule is CN(C)c1ncccc1CNCC(C)(C)C. The van der Waals surface area contributed by atoms with E-state index in [-0.39, 0.29) is 0 Å². The fraction of sp³-hybridized carbons (Fsp3) is 0.615. The minimum atomic E-state index is 0.320. The van der Waals surface area contributed by atoms with E-state index in [4.69, 9.17) is 0 Å². The summed E-state index contributed by atoms with van der Waals surface area (Å²) in [5.74, 6) is 1.05. The van der Waals surface area contributed by atoms with Gasteiger partial charge in [-0.2, -0.15) is 0 Å². The number of hydrogen-bond donors (Lipinski definition) is 1. The van der Waals surface area contributed by atoms with Crippen molar-refractivity contribution >= 4 is 5.82 Å². The minimum absolute atomic E-state index is 0.320. The minimum Gasteiger partial charge on any atom is -0.362 e. The summed E-state index contributed by atoms with van der Waals surface area (Å²) in [6.45, 7) is 8.58. The molecule has 0 spiro atoms. The highest BCUT2D eigenvalue weighted by atomic mass is 15.1. The predicted molar refractivity (Wildman–Crippen MR) is 69.7 cm³/mol. The number of rotatable bonds is 4. The van der Waals surface area contributed by atoms with Gasteiger partial charge in [0.1, 0.15) is 5.82 Å². The first kappa shape index (κ1) is 13.0. The summed E-state index contributed by atoms with van der Waals surface area (Å²) in [5, 5.41) is 3.47. The van der Waals surface area contributed by atoms with Crippen LogP contribution in [0.5, 0.6) is 0 Å². The van der Waals surface area contributed by atoms with Crippen LogP contribution in [0.25, 0.3) is 0 Å². The molecule has 90 valence electrons. The largest absolute Gasteiger partial charge is 0.362 e. The van der Waals surface area contributed by atoms with E-state index in [1.54, 1.807) is 0 Å². The third-order valence-corrected chi connectivity index (χ3v) is 2.26. The summed E-state index contributed by atoms with van der Waals surface area (Å²) >= 11 is 0. The molecule has 1 aromatic heterocycles. The molecular formula is C13H23N3. The van der Waals surface area contributed by atoms with Gasteiger partial charge in [0.15, 0.2) is 0 Å². The Morgan fingerprint density at radius 2 is 2.00 bits per heavy atom. The molecule has 1 aromatic rings. The Balaban J connectivity index is 2.60. The van der Waals surface area contributed by atoms with Gasteiger partial charge in [-0.05, 0) is 11.5 Å². The number of nitrogens with zero attached hydrogens (tertiary/aromatic N) is 2. The highest BCUT2D eigenvalue weighted by Crippen LogP contribution is 2.15. The number of hydrogen-bond acceptors (Lipinski definition) is 3. The van der Waals surface area contributed by atoms with Gasteiger partial charge in [-0.3, -0.25) is 0 Å². The molecule has 0 unspecified atom stereocenters. The van der Waals surface area contributed by atoms with Crippen LogP contribution in [-0.2, 0) is 6.54 Å². The number of aromatic nitrogens is 1. The summed E-state index contributed by atoms with van der Waals surface area (Å²) in [6, 6.07) is 4.11. The van der Waals surface area contributed by atoms with Crippen LogP contribution in [0.1, 0.15) is 26.3 Å². The Bertz CT molecular complexity index is 326. The maximum absolute atomic E-state index is 4.38. The van der Waals surface area contributed by atoms with Gasteiger partial charge in [-0.15, -0.1) is 0 Å². The summed E-state index contributed by atoms with van der Waals surface area (Å²) < 4.78 is 0. The second kappa shape index (κ2) is 5.30. The number of pyridine rings is 1. The van der Waals surface area contributed by atoms with Gasteiger partial charge in [0, 0.05) is 38.9 Å². The second-order valence-corrected chi connectivity index (χ2v) is 5.54. The standard InChI is InChI=1S/C13H23N3/c1-13(2,3)10-14-9-11-7-6-8-15-12(11)16(4)5/h6-8,14H,9-10H2,1-5H3. The van der Waals surface area contributed by atoms with Gasteiger partial charge >= 0.3 is 0 Å². The van der Waals surface area contributed by atoms with Gasteiger partial charge in [-0.1, -0.05) is 26.8 Å². The average Bonchev–Trinajstić information content (AvgIpc) is 2.16. The Kier molecular flexibility index (Phi) is 4.30. The van der Waals surface area contributed by atoms with E-state index in [2.05, 4.69) is 37.1 Å². The van der Waals surface area contributed by atoms with Gasteiger partial charge < -0.3 is 10.2 Å². The number of nitrogens with one attached hydrogen (secondary N) is 1. The Hall–Kier alpha value is -1.09. The van der Waals surface area contributed by atoms with E-state index in [0.717, 1.165) is 18.9 Å². The lowest BCUT2D eigenvalue weighted by Gasteiger charge is -2.20. The molecule has 0 fully saturated rings. The van der Waals surface area contributed by atoms with Crippen LogP contribution in [0.4, 0.5) is 5.82 Å². The monoisotopic (exact) mass is 221 g/mol. The van der Waals surface area contributed by atoms with Crippen molar-refractivity contribution in [2.24, 2.45) is 5.41 Å². The Morgan fingerprint density at radius 3 is 2.56 bits per heavy atom. The van der Waals surface area contributed by atoms with Crippen molar-refractivity contribution in [2.75, 3.05) is 25.5 Å². The second-order valence-electron chi connectivity index (χ2n) is 5.54. The zero-order valence-electron chi connectivity index (χ0n) is 11.0. The maximum atomic E-state index is 4.38. The molecule has 0 atom stereocenters. The lowest BCUT2D eigenvalue weighted by atomic mass is 9.97. The van der Waals surface area contributed by atoms with Crippen LogP contribution in [0.15, 0.2) is 18.3 Å². The lowest BCUT2D eigenvalue weighted by Crippen LogP contribution is -2.27. The topological polar surface area (TPSA) is 28.2 Å². The van der Waals surface area contributed by atoms with Crippen LogP contribution in [0, 0.1) is 5.41 Å². The predicted octanol–water partition coefficient (Wildman–Crippen LogP) is 2.28. The van der Waals surface area contributed by atoms with Gasteiger partial charge in [0.25, 0.3) is 0 Å². The van der Waals surface area contributed by atoms with Crippen molar-refractivity contribution in [3.05, 3.63) is 23.9 Å². The van der Waals surface area contributed by atoms with Crippen LogP contribution >= 0.6 is 0 Å². The third kappa shape index (κ3) is 4.19. The van der Waals surface area contributed by atoms with Gasteiger partial charge in [-0.25, -0.2) is 4.98 Å². The maximum Gasteiger partial charge on any atom is 0.132 e. The molecule has 3 heteroatoms. The summed E-state index contributed by atoms with van der Waals surface area (Å²) in [5.41, 5.74) is 1.57. The molecule has 0 radical (unpaired) electrons. The number of anilines is 1. The Labute approximate surface area is 98.9 Å². The van der Waals surface area contributed by atoms with Crippen molar-refractivity contribution in [1.82, 2.24) is 10.3 Å². The van der Waals surface area contributed by atoms with E-state index >= 15 is 0 Å². The summed E-state index contributed by atoms with van der Waals surface area (Å²) in [4.78, 5) is 6.43. The van der Waals surface area contributed by atoms with Crippen LogP contribution in [-0.4, -0.2) is 25.6 Å². The normalized spacial score (nSPS) is 11.6. The van der Waals surface area contributed by atoms with Crippen molar-refractivity contribution in [1.29, 1.82) is 0 Å². The molecule has 0 saturated heterocycles. The van der Waals surface area contributed by atoms with Crippen molar-refractivity contribution < 1.29 is 0 Å². The van der Waals surface area contributed by atoms with Crippen molar-refractivity contribution in [3.63, 3.8) is 0 Å². The fourth-order valence-corrected chi connectivity index (χ4v) is 1.54. The molecule has 0 aliphatic heterocycles. The molecule has 0 amide bonds. The van der Waals surface area contributed by atoms with E-state index in [0.29, 0.717) is 5.41 Å². The summed E-state index contributed by atoms with van der Waals surface area (Å²) in [6.07, 6.45) is 1.84. The first-order chi connectivity index (χ1) is 7.40. The van der Waals surface area contributed by atoms with E-state index in [1.165, 1.54) is 5.56 Å². The molecule has 0 bridgehead atoms. The molecule has 1 rings (SSSR count). The zero-order chi connectivity index (χ0) is 12.2. The van der Waals surface area contributed by atoms with Gasteiger partial charge in [0.05, 0.1) is 0 Å². The van der Waals surface area contributed by atoms with Gasteiger partial charge in [0.2, 0.25) is 0 Å². The van der Waals surface area contributed by atoms with Crippen LogP contribution < -0.4 is 10.2 Å². The molecule has 0 aliphatic rings. The molecule has 1 N–H and O–H groups in total. The molecule has 0 aliphatic carbocycles. The van der Waals surface area contributed by atoms with Crippen molar-refractivity contribution in [3.8, 4) is 0 Å². The molecule has 0 saturated carbocycles. The fourth-order valence-electron chi connectivity index (χ4n) is 1.54. The molecule has 1 heterocycles. The average molecular weight is 221 g/mol. The summed E-state index contributed by atoms with van der Waals surface area (Å²) in [7, 11) is 4.05. The smallest absolute Gasteiger partial charge is 0.132 e. The zero-order valence-corrected chi connectivity index (χ0v) is 11.0. The first-order valence-corrected chi connectivity index (χ1v) is 5.72. The quantitative estimate of drug-likeness (QED) is 0.845. The molecule has 16 heavy (non-hydrogen) atoms. The molecular weight excluding hydrogens is 198 g/mol.